The molecule has 1 atom stereocenters. The maximum atomic E-state index is 12.3. The Morgan fingerprint density at radius 1 is 1.29 bits per heavy atom. The average Bonchev–Trinajstić information content (AvgIpc) is 2.97. The van der Waals surface area contributed by atoms with Gasteiger partial charge in [0, 0.05) is 18.0 Å². The van der Waals surface area contributed by atoms with Crippen molar-refractivity contribution >= 4 is 17.3 Å². The molecule has 1 aromatic carbocycles. The second kappa shape index (κ2) is 6.00. The highest BCUT2D eigenvalue weighted by atomic mass is 32.1. The van der Waals surface area contributed by atoms with Gasteiger partial charge in [0.2, 0.25) is 0 Å². The molecule has 3 rings (SSSR count). The van der Waals surface area contributed by atoms with Gasteiger partial charge in [0.25, 0.3) is 0 Å². The lowest BCUT2D eigenvalue weighted by atomic mass is 10.0. The standard InChI is InChI=1S/C17H19NO2S/c1-12-3-5-13(6-4-12)16(17(19)20-2)18-9-7-15-14(11-18)8-10-21-15/h3-6,8,10,16H,7,9,11H2,1-2H3. The van der Waals surface area contributed by atoms with E-state index in [9.17, 15) is 4.79 Å². The first-order valence-corrected chi connectivity index (χ1v) is 8.00. The van der Waals surface area contributed by atoms with Crippen molar-refractivity contribution in [1.29, 1.82) is 0 Å². The molecule has 0 saturated carbocycles. The molecule has 0 aliphatic carbocycles. The van der Waals surface area contributed by atoms with Crippen LogP contribution in [-0.2, 0) is 22.5 Å². The Kier molecular flexibility index (Phi) is 4.08. The third-order valence-electron chi connectivity index (χ3n) is 4.02. The number of fused-ring (bicyclic) bond motifs is 1. The third-order valence-corrected chi connectivity index (χ3v) is 5.04. The van der Waals surface area contributed by atoms with Crippen molar-refractivity contribution < 1.29 is 9.53 Å². The molecule has 0 N–H and O–H groups in total. The Bertz CT molecular complexity index is 632. The fraction of sp³-hybridized carbons (Fsp3) is 0.353. The highest BCUT2D eigenvalue weighted by Gasteiger charge is 2.31. The maximum Gasteiger partial charge on any atom is 0.327 e. The van der Waals surface area contributed by atoms with E-state index in [0.717, 1.165) is 25.1 Å². The Hall–Kier alpha value is -1.65. The van der Waals surface area contributed by atoms with Crippen molar-refractivity contribution in [1.82, 2.24) is 4.90 Å². The molecular weight excluding hydrogens is 282 g/mol. The van der Waals surface area contributed by atoms with Crippen LogP contribution < -0.4 is 0 Å². The van der Waals surface area contributed by atoms with Crippen LogP contribution in [0.5, 0.6) is 0 Å². The van der Waals surface area contributed by atoms with E-state index in [4.69, 9.17) is 4.74 Å². The van der Waals surface area contributed by atoms with Crippen molar-refractivity contribution in [2.24, 2.45) is 0 Å². The van der Waals surface area contributed by atoms with Crippen LogP contribution >= 0.6 is 11.3 Å². The van der Waals surface area contributed by atoms with E-state index >= 15 is 0 Å². The molecule has 1 aromatic heterocycles. The first-order valence-electron chi connectivity index (χ1n) is 7.12. The molecule has 1 aliphatic heterocycles. The van der Waals surface area contributed by atoms with Crippen molar-refractivity contribution in [2.75, 3.05) is 13.7 Å². The van der Waals surface area contributed by atoms with Gasteiger partial charge in [0.05, 0.1) is 7.11 Å². The molecule has 0 radical (unpaired) electrons. The summed E-state index contributed by atoms with van der Waals surface area (Å²) in [6.07, 6.45) is 1.01. The smallest absolute Gasteiger partial charge is 0.327 e. The lowest BCUT2D eigenvalue weighted by molar-refractivity contribution is -0.147. The number of rotatable bonds is 3. The summed E-state index contributed by atoms with van der Waals surface area (Å²) in [5.41, 5.74) is 3.54. The number of ether oxygens (including phenoxy) is 1. The van der Waals surface area contributed by atoms with Crippen LogP contribution in [0.2, 0.25) is 0 Å². The largest absolute Gasteiger partial charge is 0.468 e. The molecule has 0 fully saturated rings. The summed E-state index contributed by atoms with van der Waals surface area (Å²) in [7, 11) is 1.46. The summed E-state index contributed by atoms with van der Waals surface area (Å²) in [4.78, 5) is 15.9. The lowest BCUT2D eigenvalue weighted by Crippen LogP contribution is -2.38. The number of hydrogen-bond donors (Lipinski definition) is 0. The molecule has 2 heterocycles. The average molecular weight is 301 g/mol. The lowest BCUT2D eigenvalue weighted by Gasteiger charge is -2.33. The summed E-state index contributed by atoms with van der Waals surface area (Å²) in [5, 5.41) is 2.13. The summed E-state index contributed by atoms with van der Waals surface area (Å²) in [6, 6.07) is 10.00. The van der Waals surface area contributed by atoms with E-state index < -0.39 is 0 Å². The van der Waals surface area contributed by atoms with E-state index in [1.54, 1.807) is 0 Å². The minimum absolute atomic E-state index is 0.183. The Labute approximate surface area is 129 Å². The van der Waals surface area contributed by atoms with Gasteiger partial charge in [-0.05, 0) is 35.9 Å². The molecule has 110 valence electrons. The molecule has 0 saturated heterocycles. The Balaban J connectivity index is 1.90. The molecule has 0 spiro atoms. The number of thiophene rings is 1. The second-order valence-electron chi connectivity index (χ2n) is 5.43. The molecule has 1 aliphatic rings. The van der Waals surface area contributed by atoms with Crippen LogP contribution in [-0.4, -0.2) is 24.5 Å². The van der Waals surface area contributed by atoms with Crippen molar-refractivity contribution in [3.8, 4) is 0 Å². The van der Waals surface area contributed by atoms with E-state index in [1.165, 1.54) is 23.1 Å². The molecule has 4 heteroatoms. The van der Waals surface area contributed by atoms with Crippen LogP contribution in [0, 0.1) is 6.92 Å². The van der Waals surface area contributed by atoms with Crippen molar-refractivity contribution in [3.63, 3.8) is 0 Å². The predicted octanol–water partition coefficient (Wildman–Crippen LogP) is 3.33. The number of methoxy groups -OCH3 is 1. The third kappa shape index (κ3) is 2.87. The van der Waals surface area contributed by atoms with Gasteiger partial charge in [-0.25, -0.2) is 4.79 Å². The van der Waals surface area contributed by atoms with Gasteiger partial charge in [-0.15, -0.1) is 11.3 Å². The van der Waals surface area contributed by atoms with Crippen LogP contribution in [0.15, 0.2) is 35.7 Å². The maximum absolute atomic E-state index is 12.3. The highest BCUT2D eigenvalue weighted by Crippen LogP contribution is 2.31. The SMILES string of the molecule is COC(=O)C(c1ccc(C)cc1)N1CCc2sccc2C1. The molecule has 0 amide bonds. The molecule has 3 nitrogen and oxygen atoms in total. The zero-order chi connectivity index (χ0) is 14.8. The number of nitrogens with zero attached hydrogens (tertiary/aromatic N) is 1. The summed E-state index contributed by atoms with van der Waals surface area (Å²) in [6.45, 7) is 3.75. The zero-order valence-electron chi connectivity index (χ0n) is 12.3. The van der Waals surface area contributed by atoms with Gasteiger partial charge < -0.3 is 4.74 Å². The number of benzene rings is 1. The second-order valence-corrected chi connectivity index (χ2v) is 6.43. The fourth-order valence-corrected chi connectivity index (χ4v) is 3.74. The van der Waals surface area contributed by atoms with Gasteiger partial charge in [0.1, 0.15) is 6.04 Å². The van der Waals surface area contributed by atoms with Gasteiger partial charge in [-0.1, -0.05) is 29.8 Å². The minimum Gasteiger partial charge on any atom is -0.468 e. The first kappa shape index (κ1) is 14.3. The number of carbonyl (C=O) groups excluding carboxylic acids is 1. The van der Waals surface area contributed by atoms with Crippen LogP contribution in [0.25, 0.3) is 0 Å². The summed E-state index contributed by atoms with van der Waals surface area (Å²) >= 11 is 1.81. The number of aryl methyl sites for hydroxylation is 1. The molecule has 21 heavy (non-hydrogen) atoms. The van der Waals surface area contributed by atoms with Gasteiger partial charge in [0.15, 0.2) is 0 Å². The monoisotopic (exact) mass is 301 g/mol. The number of esters is 1. The highest BCUT2D eigenvalue weighted by molar-refractivity contribution is 7.10. The first-order chi connectivity index (χ1) is 10.2. The fourth-order valence-electron chi connectivity index (χ4n) is 2.85. The van der Waals surface area contributed by atoms with E-state index in [2.05, 4.69) is 23.3 Å². The molecule has 2 aromatic rings. The minimum atomic E-state index is -0.316. The van der Waals surface area contributed by atoms with Crippen LogP contribution in [0.1, 0.15) is 27.6 Å². The van der Waals surface area contributed by atoms with E-state index in [1.807, 2.05) is 35.6 Å². The molecular formula is C17H19NO2S. The van der Waals surface area contributed by atoms with Crippen molar-refractivity contribution in [3.05, 3.63) is 57.3 Å². The van der Waals surface area contributed by atoms with Crippen LogP contribution in [0.4, 0.5) is 0 Å². The van der Waals surface area contributed by atoms with E-state index in [-0.39, 0.29) is 12.0 Å². The Morgan fingerprint density at radius 3 is 2.76 bits per heavy atom. The molecule has 0 bridgehead atoms. The quantitative estimate of drug-likeness (QED) is 0.814. The zero-order valence-corrected chi connectivity index (χ0v) is 13.2. The van der Waals surface area contributed by atoms with Gasteiger partial charge >= 0.3 is 5.97 Å². The Morgan fingerprint density at radius 2 is 2.05 bits per heavy atom. The summed E-state index contributed by atoms with van der Waals surface area (Å²) < 4.78 is 5.04. The number of carbonyl (C=O) groups is 1. The summed E-state index contributed by atoms with van der Waals surface area (Å²) in [5.74, 6) is -0.183. The van der Waals surface area contributed by atoms with Gasteiger partial charge in [-0.2, -0.15) is 0 Å². The number of hydrogen-bond acceptors (Lipinski definition) is 4. The van der Waals surface area contributed by atoms with Crippen LogP contribution in [0.3, 0.4) is 0 Å². The van der Waals surface area contributed by atoms with E-state index in [0.29, 0.717) is 0 Å². The normalized spacial score (nSPS) is 16.3. The topological polar surface area (TPSA) is 29.5 Å². The van der Waals surface area contributed by atoms with Crippen molar-refractivity contribution in [2.45, 2.75) is 25.9 Å². The predicted molar refractivity (Wildman–Crippen MR) is 84.4 cm³/mol. The van der Waals surface area contributed by atoms with Gasteiger partial charge in [-0.3, -0.25) is 4.90 Å². The molecule has 1 unspecified atom stereocenters.